The molecule has 0 amide bonds. The SMILES string of the molecule is CCOc1nc(N(CCC(C)C)CCC(C)C)ccc1N. The van der Waals surface area contributed by atoms with E-state index in [0.717, 1.165) is 31.7 Å². The lowest BCUT2D eigenvalue weighted by Crippen LogP contribution is -2.28. The van der Waals surface area contributed by atoms with Gasteiger partial charge in [-0.1, -0.05) is 27.7 Å². The van der Waals surface area contributed by atoms with E-state index in [1.807, 2.05) is 19.1 Å². The summed E-state index contributed by atoms with van der Waals surface area (Å²) < 4.78 is 5.52. The predicted octanol–water partition coefficient (Wildman–Crippen LogP) is 3.96. The van der Waals surface area contributed by atoms with Crippen LogP contribution >= 0.6 is 0 Å². The lowest BCUT2D eigenvalue weighted by molar-refractivity contribution is 0.329. The maximum Gasteiger partial charge on any atom is 0.239 e. The Bertz CT molecular complexity index is 406. The number of anilines is 2. The van der Waals surface area contributed by atoms with Gasteiger partial charge in [0.2, 0.25) is 5.88 Å². The monoisotopic (exact) mass is 293 g/mol. The van der Waals surface area contributed by atoms with E-state index in [1.54, 1.807) is 0 Å². The van der Waals surface area contributed by atoms with E-state index in [2.05, 4.69) is 37.6 Å². The highest BCUT2D eigenvalue weighted by Crippen LogP contribution is 2.24. The highest BCUT2D eigenvalue weighted by molar-refractivity contribution is 5.54. The van der Waals surface area contributed by atoms with Crippen LogP contribution in [0.25, 0.3) is 0 Å². The Kier molecular flexibility index (Phi) is 7.34. The summed E-state index contributed by atoms with van der Waals surface area (Å²) in [5.74, 6) is 2.89. The van der Waals surface area contributed by atoms with Gasteiger partial charge in [0.25, 0.3) is 0 Å². The molecule has 4 heteroatoms. The van der Waals surface area contributed by atoms with Gasteiger partial charge in [0, 0.05) is 13.1 Å². The standard InChI is InChI=1S/C17H31N3O/c1-6-21-17-15(18)7-8-16(19-17)20(11-9-13(2)3)12-10-14(4)5/h7-8,13-14H,6,9-12,18H2,1-5H3. The normalized spacial score (nSPS) is 11.2. The van der Waals surface area contributed by atoms with Crippen molar-refractivity contribution in [3.8, 4) is 5.88 Å². The maximum atomic E-state index is 5.91. The number of ether oxygens (including phenoxy) is 1. The van der Waals surface area contributed by atoms with Crippen LogP contribution in [0.4, 0.5) is 11.5 Å². The number of nitrogens with zero attached hydrogens (tertiary/aromatic N) is 2. The summed E-state index contributed by atoms with van der Waals surface area (Å²) in [6.07, 6.45) is 2.32. The van der Waals surface area contributed by atoms with Crippen molar-refractivity contribution in [3.05, 3.63) is 12.1 Å². The highest BCUT2D eigenvalue weighted by atomic mass is 16.5. The van der Waals surface area contributed by atoms with Crippen molar-refractivity contribution < 1.29 is 4.74 Å². The van der Waals surface area contributed by atoms with E-state index in [4.69, 9.17) is 10.5 Å². The summed E-state index contributed by atoms with van der Waals surface area (Å²) >= 11 is 0. The molecule has 0 saturated carbocycles. The number of hydrogen-bond acceptors (Lipinski definition) is 4. The lowest BCUT2D eigenvalue weighted by Gasteiger charge is -2.26. The summed E-state index contributed by atoms with van der Waals surface area (Å²) in [6.45, 7) is 13.6. The maximum absolute atomic E-state index is 5.91. The van der Waals surface area contributed by atoms with Gasteiger partial charge in [-0.2, -0.15) is 4.98 Å². The second kappa shape index (κ2) is 8.75. The number of hydrogen-bond donors (Lipinski definition) is 1. The van der Waals surface area contributed by atoms with E-state index in [-0.39, 0.29) is 0 Å². The average Bonchev–Trinajstić information content (AvgIpc) is 2.41. The highest BCUT2D eigenvalue weighted by Gasteiger charge is 2.12. The number of pyridine rings is 1. The molecule has 0 aliphatic carbocycles. The third-order valence-electron chi connectivity index (χ3n) is 3.43. The van der Waals surface area contributed by atoms with Gasteiger partial charge in [-0.05, 0) is 43.7 Å². The van der Waals surface area contributed by atoms with Crippen LogP contribution < -0.4 is 15.4 Å². The van der Waals surface area contributed by atoms with Gasteiger partial charge in [0.15, 0.2) is 0 Å². The van der Waals surface area contributed by atoms with Gasteiger partial charge < -0.3 is 15.4 Å². The number of rotatable bonds is 9. The molecular weight excluding hydrogens is 262 g/mol. The van der Waals surface area contributed by atoms with E-state index in [9.17, 15) is 0 Å². The van der Waals surface area contributed by atoms with Crippen LogP contribution in [0.5, 0.6) is 5.88 Å². The van der Waals surface area contributed by atoms with Crippen LogP contribution in [0.2, 0.25) is 0 Å². The summed E-state index contributed by atoms with van der Waals surface area (Å²) in [5.41, 5.74) is 6.52. The average molecular weight is 293 g/mol. The van der Waals surface area contributed by atoms with Crippen LogP contribution in [-0.2, 0) is 0 Å². The molecule has 1 rings (SSSR count). The molecule has 0 spiro atoms. The molecule has 0 unspecified atom stereocenters. The Morgan fingerprint density at radius 2 is 1.67 bits per heavy atom. The fourth-order valence-electron chi connectivity index (χ4n) is 2.04. The van der Waals surface area contributed by atoms with Gasteiger partial charge >= 0.3 is 0 Å². The Morgan fingerprint density at radius 1 is 1.10 bits per heavy atom. The summed E-state index contributed by atoms with van der Waals surface area (Å²) in [7, 11) is 0. The predicted molar refractivity (Wildman–Crippen MR) is 90.9 cm³/mol. The molecule has 1 aromatic heterocycles. The van der Waals surface area contributed by atoms with Crippen LogP contribution in [0.15, 0.2) is 12.1 Å². The van der Waals surface area contributed by atoms with Gasteiger partial charge in [-0.25, -0.2) is 0 Å². The molecular formula is C17H31N3O. The molecule has 120 valence electrons. The minimum Gasteiger partial charge on any atom is -0.476 e. The quantitative estimate of drug-likeness (QED) is 0.748. The number of nitrogen functional groups attached to an aromatic ring is 1. The Balaban J connectivity index is 2.86. The van der Waals surface area contributed by atoms with Crippen molar-refractivity contribution in [1.29, 1.82) is 0 Å². The Labute approximate surface area is 129 Å². The van der Waals surface area contributed by atoms with Gasteiger partial charge in [-0.3, -0.25) is 0 Å². The number of aromatic nitrogens is 1. The molecule has 0 aliphatic heterocycles. The summed E-state index contributed by atoms with van der Waals surface area (Å²) in [4.78, 5) is 6.95. The first-order chi connectivity index (χ1) is 9.93. The third-order valence-corrected chi connectivity index (χ3v) is 3.43. The molecule has 0 fully saturated rings. The first-order valence-corrected chi connectivity index (χ1v) is 8.08. The van der Waals surface area contributed by atoms with E-state index in [0.29, 0.717) is 30.0 Å². The van der Waals surface area contributed by atoms with Crippen molar-refractivity contribution in [2.75, 3.05) is 30.3 Å². The lowest BCUT2D eigenvalue weighted by atomic mass is 10.1. The molecule has 0 radical (unpaired) electrons. The van der Waals surface area contributed by atoms with Gasteiger partial charge in [0.05, 0.1) is 12.3 Å². The molecule has 0 saturated heterocycles. The molecule has 21 heavy (non-hydrogen) atoms. The molecule has 0 bridgehead atoms. The zero-order valence-electron chi connectivity index (χ0n) is 14.2. The number of nitrogens with two attached hydrogens (primary N) is 1. The van der Waals surface area contributed by atoms with Gasteiger partial charge in [0.1, 0.15) is 5.82 Å². The smallest absolute Gasteiger partial charge is 0.239 e. The van der Waals surface area contributed by atoms with Crippen molar-refractivity contribution in [2.45, 2.75) is 47.5 Å². The van der Waals surface area contributed by atoms with Crippen molar-refractivity contribution in [3.63, 3.8) is 0 Å². The van der Waals surface area contributed by atoms with Crippen LogP contribution in [0, 0.1) is 11.8 Å². The second-order valence-corrected chi connectivity index (χ2v) is 6.35. The first kappa shape index (κ1) is 17.6. The van der Waals surface area contributed by atoms with E-state index < -0.39 is 0 Å². The molecule has 2 N–H and O–H groups in total. The molecule has 0 aromatic carbocycles. The summed E-state index contributed by atoms with van der Waals surface area (Å²) in [5, 5.41) is 0. The molecule has 1 aromatic rings. The third kappa shape index (κ3) is 6.23. The Hall–Kier alpha value is -1.45. The topological polar surface area (TPSA) is 51.4 Å². The zero-order chi connectivity index (χ0) is 15.8. The first-order valence-electron chi connectivity index (χ1n) is 8.08. The van der Waals surface area contributed by atoms with Crippen molar-refractivity contribution >= 4 is 11.5 Å². The molecule has 0 aliphatic rings. The van der Waals surface area contributed by atoms with E-state index >= 15 is 0 Å². The minimum absolute atomic E-state index is 0.550. The fraction of sp³-hybridized carbons (Fsp3) is 0.706. The molecule has 0 atom stereocenters. The largest absolute Gasteiger partial charge is 0.476 e. The van der Waals surface area contributed by atoms with E-state index in [1.165, 1.54) is 0 Å². The van der Waals surface area contributed by atoms with Crippen LogP contribution in [-0.4, -0.2) is 24.7 Å². The fourth-order valence-corrected chi connectivity index (χ4v) is 2.04. The van der Waals surface area contributed by atoms with Crippen LogP contribution in [0.3, 0.4) is 0 Å². The van der Waals surface area contributed by atoms with Crippen molar-refractivity contribution in [1.82, 2.24) is 4.98 Å². The van der Waals surface area contributed by atoms with Crippen LogP contribution in [0.1, 0.15) is 47.5 Å². The van der Waals surface area contributed by atoms with Gasteiger partial charge in [-0.15, -0.1) is 0 Å². The van der Waals surface area contributed by atoms with Crippen molar-refractivity contribution in [2.24, 2.45) is 11.8 Å². The summed E-state index contributed by atoms with van der Waals surface area (Å²) in [6, 6.07) is 3.89. The molecule has 4 nitrogen and oxygen atoms in total. The minimum atomic E-state index is 0.550. The molecule has 1 heterocycles. The second-order valence-electron chi connectivity index (χ2n) is 6.35. The zero-order valence-corrected chi connectivity index (χ0v) is 14.2. The Morgan fingerprint density at radius 3 is 2.14 bits per heavy atom.